The highest BCUT2D eigenvalue weighted by atomic mass is 16.2. The van der Waals surface area contributed by atoms with Gasteiger partial charge in [0.25, 0.3) is 0 Å². The lowest BCUT2D eigenvalue weighted by atomic mass is 10.1. The fourth-order valence-corrected chi connectivity index (χ4v) is 2.36. The van der Waals surface area contributed by atoms with Gasteiger partial charge in [0.05, 0.1) is 6.04 Å². The first kappa shape index (κ1) is 11.2. The number of hydrogen-bond donors (Lipinski definition) is 2. The van der Waals surface area contributed by atoms with Crippen LogP contribution in [0.5, 0.6) is 0 Å². The van der Waals surface area contributed by atoms with E-state index in [1.807, 2.05) is 24.3 Å². The third-order valence-electron chi connectivity index (χ3n) is 3.32. The van der Waals surface area contributed by atoms with Crippen LogP contribution in [0, 0.1) is 0 Å². The molecule has 0 spiro atoms. The first-order valence-corrected chi connectivity index (χ1v) is 6.21. The van der Waals surface area contributed by atoms with Crippen molar-refractivity contribution in [3.63, 3.8) is 0 Å². The van der Waals surface area contributed by atoms with E-state index in [2.05, 4.69) is 15.6 Å². The summed E-state index contributed by atoms with van der Waals surface area (Å²) in [4.78, 5) is 16.2. The molecule has 1 aromatic carbocycles. The molecule has 0 aliphatic carbocycles. The average Bonchev–Trinajstić information content (AvgIpc) is 2.93. The van der Waals surface area contributed by atoms with Crippen LogP contribution in [-0.2, 0) is 4.79 Å². The Kier molecular flexibility index (Phi) is 2.94. The van der Waals surface area contributed by atoms with E-state index < -0.39 is 0 Å². The van der Waals surface area contributed by atoms with Gasteiger partial charge in [-0.2, -0.15) is 0 Å². The zero-order chi connectivity index (χ0) is 12.4. The van der Waals surface area contributed by atoms with Crippen LogP contribution in [0.25, 0.3) is 10.8 Å². The van der Waals surface area contributed by atoms with Crippen molar-refractivity contribution < 1.29 is 4.79 Å². The van der Waals surface area contributed by atoms with Crippen molar-refractivity contribution in [3.05, 3.63) is 36.7 Å². The fraction of sp³-hybridized carbons (Fsp3) is 0.286. The molecule has 92 valence electrons. The SMILES string of the molecule is O=C(Nc1cccc2cnccc12)C1CCCN1. The fourth-order valence-electron chi connectivity index (χ4n) is 2.36. The molecular formula is C14H15N3O. The predicted octanol–water partition coefficient (Wildman–Crippen LogP) is 1.93. The number of aromatic nitrogens is 1. The van der Waals surface area contributed by atoms with Crippen molar-refractivity contribution >= 4 is 22.4 Å². The van der Waals surface area contributed by atoms with E-state index >= 15 is 0 Å². The highest BCUT2D eigenvalue weighted by molar-refractivity contribution is 6.03. The van der Waals surface area contributed by atoms with Crippen LogP contribution in [0.3, 0.4) is 0 Å². The molecule has 0 bridgehead atoms. The summed E-state index contributed by atoms with van der Waals surface area (Å²) in [6, 6.07) is 7.72. The number of hydrogen-bond acceptors (Lipinski definition) is 3. The molecular weight excluding hydrogens is 226 g/mol. The summed E-state index contributed by atoms with van der Waals surface area (Å²) >= 11 is 0. The van der Waals surface area contributed by atoms with Gasteiger partial charge in [0.1, 0.15) is 0 Å². The molecule has 2 N–H and O–H groups in total. The van der Waals surface area contributed by atoms with Gasteiger partial charge in [-0.15, -0.1) is 0 Å². The smallest absolute Gasteiger partial charge is 0.241 e. The van der Waals surface area contributed by atoms with Gasteiger partial charge in [0.15, 0.2) is 0 Å². The summed E-state index contributed by atoms with van der Waals surface area (Å²) < 4.78 is 0. The van der Waals surface area contributed by atoms with Crippen LogP contribution in [0.2, 0.25) is 0 Å². The topological polar surface area (TPSA) is 54.0 Å². The number of nitrogens with one attached hydrogen (secondary N) is 2. The van der Waals surface area contributed by atoms with Gasteiger partial charge >= 0.3 is 0 Å². The van der Waals surface area contributed by atoms with Gasteiger partial charge in [-0.25, -0.2) is 0 Å². The van der Waals surface area contributed by atoms with Gasteiger partial charge in [-0.3, -0.25) is 9.78 Å². The summed E-state index contributed by atoms with van der Waals surface area (Å²) in [6.45, 7) is 0.928. The molecule has 1 fully saturated rings. The Morgan fingerprint density at radius 2 is 2.33 bits per heavy atom. The van der Waals surface area contributed by atoms with E-state index in [4.69, 9.17) is 0 Å². The maximum Gasteiger partial charge on any atom is 0.241 e. The maximum absolute atomic E-state index is 12.1. The maximum atomic E-state index is 12.1. The third kappa shape index (κ3) is 2.07. The third-order valence-corrected chi connectivity index (χ3v) is 3.32. The van der Waals surface area contributed by atoms with E-state index in [1.165, 1.54) is 0 Å². The van der Waals surface area contributed by atoms with Crippen LogP contribution in [0.1, 0.15) is 12.8 Å². The number of fused-ring (bicyclic) bond motifs is 1. The molecule has 2 heterocycles. The molecule has 1 aliphatic heterocycles. The van der Waals surface area contributed by atoms with E-state index in [0.717, 1.165) is 35.8 Å². The number of benzene rings is 1. The molecule has 2 aromatic rings. The second-order valence-electron chi connectivity index (χ2n) is 4.54. The normalized spacial score (nSPS) is 19.0. The quantitative estimate of drug-likeness (QED) is 0.844. The minimum atomic E-state index is -0.0536. The number of rotatable bonds is 2. The van der Waals surface area contributed by atoms with Gasteiger partial charge < -0.3 is 10.6 Å². The van der Waals surface area contributed by atoms with E-state index in [0.29, 0.717) is 0 Å². The summed E-state index contributed by atoms with van der Waals surface area (Å²) in [6.07, 6.45) is 5.53. The molecule has 0 saturated carbocycles. The summed E-state index contributed by atoms with van der Waals surface area (Å²) in [5, 5.41) is 8.26. The second-order valence-corrected chi connectivity index (χ2v) is 4.54. The van der Waals surface area contributed by atoms with Gasteiger partial charge in [-0.1, -0.05) is 12.1 Å². The van der Waals surface area contributed by atoms with Crippen LogP contribution < -0.4 is 10.6 Å². The lowest BCUT2D eigenvalue weighted by Crippen LogP contribution is -2.35. The van der Waals surface area contributed by atoms with Gasteiger partial charge in [0.2, 0.25) is 5.91 Å². The Bertz CT molecular complexity index is 571. The van der Waals surface area contributed by atoms with Crippen molar-refractivity contribution in [3.8, 4) is 0 Å². The predicted molar refractivity (Wildman–Crippen MR) is 71.4 cm³/mol. The highest BCUT2D eigenvalue weighted by Gasteiger charge is 2.22. The van der Waals surface area contributed by atoms with Crippen molar-refractivity contribution in [2.75, 3.05) is 11.9 Å². The average molecular weight is 241 g/mol. The first-order valence-electron chi connectivity index (χ1n) is 6.21. The Morgan fingerprint density at radius 3 is 3.17 bits per heavy atom. The molecule has 1 unspecified atom stereocenters. The van der Waals surface area contributed by atoms with Gasteiger partial charge in [0, 0.05) is 28.9 Å². The standard InChI is InChI=1S/C14H15N3O/c18-14(13-5-2-7-16-13)17-12-4-1-3-10-9-15-8-6-11(10)12/h1,3-4,6,8-9,13,16H,2,5,7H2,(H,17,18). The van der Waals surface area contributed by atoms with Crippen molar-refractivity contribution in [1.82, 2.24) is 10.3 Å². The largest absolute Gasteiger partial charge is 0.324 e. The Labute approximate surface area is 105 Å². The Morgan fingerprint density at radius 1 is 1.39 bits per heavy atom. The van der Waals surface area contributed by atoms with Crippen molar-refractivity contribution in [1.29, 1.82) is 0 Å². The van der Waals surface area contributed by atoms with Crippen LogP contribution >= 0.6 is 0 Å². The molecule has 4 heteroatoms. The van der Waals surface area contributed by atoms with E-state index in [1.54, 1.807) is 12.4 Å². The number of pyridine rings is 1. The van der Waals surface area contributed by atoms with Crippen LogP contribution in [0.15, 0.2) is 36.7 Å². The molecule has 1 amide bonds. The monoisotopic (exact) mass is 241 g/mol. The Balaban J connectivity index is 1.88. The van der Waals surface area contributed by atoms with Crippen molar-refractivity contribution in [2.45, 2.75) is 18.9 Å². The minimum absolute atomic E-state index is 0.0526. The summed E-state index contributed by atoms with van der Waals surface area (Å²) in [5.41, 5.74) is 0.855. The highest BCUT2D eigenvalue weighted by Crippen LogP contribution is 2.22. The van der Waals surface area contributed by atoms with Crippen molar-refractivity contribution in [2.24, 2.45) is 0 Å². The minimum Gasteiger partial charge on any atom is -0.324 e. The molecule has 18 heavy (non-hydrogen) atoms. The molecule has 0 radical (unpaired) electrons. The molecule has 1 aromatic heterocycles. The number of nitrogens with zero attached hydrogens (tertiary/aromatic N) is 1. The summed E-state index contributed by atoms with van der Waals surface area (Å²) in [5.74, 6) is 0.0526. The Hall–Kier alpha value is -1.94. The molecule has 1 saturated heterocycles. The van der Waals surface area contributed by atoms with Gasteiger partial charge in [-0.05, 0) is 31.5 Å². The van der Waals surface area contributed by atoms with E-state index in [-0.39, 0.29) is 11.9 Å². The van der Waals surface area contributed by atoms with Crippen LogP contribution in [-0.4, -0.2) is 23.5 Å². The zero-order valence-electron chi connectivity index (χ0n) is 10.0. The number of carbonyl (C=O) groups is 1. The molecule has 1 aliphatic rings. The number of amides is 1. The lowest BCUT2D eigenvalue weighted by Gasteiger charge is -2.12. The molecule has 3 rings (SSSR count). The van der Waals surface area contributed by atoms with E-state index in [9.17, 15) is 4.79 Å². The lowest BCUT2D eigenvalue weighted by molar-refractivity contribution is -0.117. The van der Waals surface area contributed by atoms with Crippen LogP contribution in [0.4, 0.5) is 5.69 Å². The zero-order valence-corrected chi connectivity index (χ0v) is 10.0. The number of anilines is 1. The molecule has 4 nitrogen and oxygen atoms in total. The molecule has 1 atom stereocenters. The first-order chi connectivity index (χ1) is 8.84. The number of carbonyl (C=O) groups excluding carboxylic acids is 1. The summed E-state index contributed by atoms with van der Waals surface area (Å²) in [7, 11) is 0. The second kappa shape index (κ2) is 4.74.